The lowest BCUT2D eigenvalue weighted by molar-refractivity contribution is -0.384. The van der Waals surface area contributed by atoms with Crippen molar-refractivity contribution in [3.63, 3.8) is 0 Å². The number of nitrogens with one attached hydrogen (secondary N) is 1. The summed E-state index contributed by atoms with van der Waals surface area (Å²) in [6.45, 7) is 0.130. The molecule has 0 bridgehead atoms. The molecule has 0 unspecified atom stereocenters. The third-order valence-corrected chi connectivity index (χ3v) is 2.60. The number of hydrogen-bond acceptors (Lipinski definition) is 7. The molecule has 1 aromatic heterocycles. The van der Waals surface area contributed by atoms with Gasteiger partial charge in [0.25, 0.3) is 11.6 Å². The Hall–Kier alpha value is -3.04. The topological polar surface area (TPSA) is 137 Å². The van der Waals surface area contributed by atoms with Crippen LogP contribution in [0.15, 0.2) is 23.0 Å². The molecule has 0 aliphatic carbocycles. The molecule has 9 nitrogen and oxygen atoms in total. The lowest BCUT2D eigenvalue weighted by Gasteiger charge is -2.07. The highest BCUT2D eigenvalue weighted by molar-refractivity contribution is 6.01. The van der Waals surface area contributed by atoms with Crippen molar-refractivity contribution in [2.24, 2.45) is 0 Å². The fourth-order valence-electron chi connectivity index (χ4n) is 1.63. The molecule has 3 N–H and O–H groups in total. The Morgan fingerprint density at radius 3 is 2.90 bits per heavy atom. The van der Waals surface area contributed by atoms with Gasteiger partial charge in [-0.05, 0) is 6.07 Å². The van der Waals surface area contributed by atoms with E-state index in [1.165, 1.54) is 6.33 Å². The molecule has 0 aliphatic rings. The lowest BCUT2D eigenvalue weighted by Crippen LogP contribution is -2.27. The first-order valence-corrected chi connectivity index (χ1v) is 5.76. The van der Waals surface area contributed by atoms with Crippen molar-refractivity contribution < 1.29 is 18.6 Å². The van der Waals surface area contributed by atoms with Gasteiger partial charge in [-0.2, -0.15) is 4.98 Å². The number of nitro groups is 1. The fraction of sp³-hybridized carbons (Fsp3) is 0.182. The average Bonchev–Trinajstić information content (AvgIpc) is 2.93. The monoisotopic (exact) mass is 295 g/mol. The van der Waals surface area contributed by atoms with E-state index in [4.69, 9.17) is 10.3 Å². The van der Waals surface area contributed by atoms with E-state index < -0.39 is 28.0 Å². The third-order valence-electron chi connectivity index (χ3n) is 2.60. The van der Waals surface area contributed by atoms with Gasteiger partial charge < -0.3 is 15.6 Å². The van der Waals surface area contributed by atoms with Crippen LogP contribution in [0, 0.1) is 15.9 Å². The van der Waals surface area contributed by atoms with Gasteiger partial charge >= 0.3 is 0 Å². The molecule has 0 aliphatic heterocycles. The van der Waals surface area contributed by atoms with Crippen LogP contribution in [0.4, 0.5) is 15.8 Å². The molecule has 0 radical (unpaired) electrons. The maximum Gasteiger partial charge on any atom is 0.295 e. The van der Waals surface area contributed by atoms with Crippen molar-refractivity contribution >= 4 is 17.3 Å². The van der Waals surface area contributed by atoms with Gasteiger partial charge in [-0.3, -0.25) is 14.9 Å². The van der Waals surface area contributed by atoms with Crippen LogP contribution in [0.2, 0.25) is 0 Å². The summed E-state index contributed by atoms with van der Waals surface area (Å²) < 4.78 is 18.0. The SMILES string of the molecule is Nc1c(C(=O)NCCc2ncno2)cc(F)cc1[N+](=O)[O-]. The molecule has 110 valence electrons. The number of nitrogens with zero attached hydrogens (tertiary/aromatic N) is 3. The van der Waals surface area contributed by atoms with Crippen molar-refractivity contribution in [3.8, 4) is 0 Å². The molecule has 2 rings (SSSR count). The molecular formula is C11H10FN5O4. The minimum atomic E-state index is -0.919. The van der Waals surface area contributed by atoms with Crippen molar-refractivity contribution in [2.75, 3.05) is 12.3 Å². The van der Waals surface area contributed by atoms with Crippen molar-refractivity contribution in [1.82, 2.24) is 15.5 Å². The molecule has 1 heterocycles. The largest absolute Gasteiger partial charge is 0.393 e. The van der Waals surface area contributed by atoms with Gasteiger partial charge in [0.05, 0.1) is 16.6 Å². The highest BCUT2D eigenvalue weighted by Crippen LogP contribution is 2.26. The van der Waals surface area contributed by atoms with Crippen LogP contribution < -0.4 is 11.1 Å². The number of benzene rings is 1. The van der Waals surface area contributed by atoms with Gasteiger partial charge in [-0.25, -0.2) is 4.39 Å². The second-order valence-corrected chi connectivity index (χ2v) is 3.98. The number of amides is 1. The van der Waals surface area contributed by atoms with Crippen LogP contribution >= 0.6 is 0 Å². The number of halogens is 1. The summed E-state index contributed by atoms with van der Waals surface area (Å²) in [7, 11) is 0. The van der Waals surface area contributed by atoms with Gasteiger partial charge in [0, 0.05) is 13.0 Å². The molecule has 0 saturated carbocycles. The van der Waals surface area contributed by atoms with Crippen LogP contribution in [-0.2, 0) is 6.42 Å². The normalized spacial score (nSPS) is 10.3. The molecule has 21 heavy (non-hydrogen) atoms. The van der Waals surface area contributed by atoms with E-state index in [1.807, 2.05) is 0 Å². The second kappa shape index (κ2) is 5.94. The van der Waals surface area contributed by atoms with E-state index in [0.29, 0.717) is 12.0 Å². The predicted molar refractivity (Wildman–Crippen MR) is 67.8 cm³/mol. The van der Waals surface area contributed by atoms with E-state index in [0.717, 1.165) is 6.07 Å². The van der Waals surface area contributed by atoms with Crippen LogP contribution in [0.25, 0.3) is 0 Å². The maximum absolute atomic E-state index is 13.3. The number of nitro benzene ring substituents is 1. The van der Waals surface area contributed by atoms with E-state index in [-0.39, 0.29) is 18.5 Å². The van der Waals surface area contributed by atoms with E-state index in [9.17, 15) is 19.3 Å². The lowest BCUT2D eigenvalue weighted by atomic mass is 10.1. The van der Waals surface area contributed by atoms with Crippen LogP contribution in [-0.4, -0.2) is 27.5 Å². The van der Waals surface area contributed by atoms with Gasteiger partial charge in [-0.15, -0.1) is 0 Å². The third kappa shape index (κ3) is 3.29. The highest BCUT2D eigenvalue weighted by atomic mass is 19.1. The first kappa shape index (κ1) is 14.4. The smallest absolute Gasteiger partial charge is 0.295 e. The van der Waals surface area contributed by atoms with Crippen molar-refractivity contribution in [3.05, 3.63) is 45.8 Å². The Morgan fingerprint density at radius 2 is 2.29 bits per heavy atom. The molecule has 0 atom stereocenters. The van der Waals surface area contributed by atoms with Gasteiger partial charge in [0.15, 0.2) is 6.33 Å². The van der Waals surface area contributed by atoms with E-state index in [1.54, 1.807) is 0 Å². The van der Waals surface area contributed by atoms with E-state index in [2.05, 4.69) is 15.5 Å². The highest BCUT2D eigenvalue weighted by Gasteiger charge is 2.21. The van der Waals surface area contributed by atoms with Crippen molar-refractivity contribution in [1.29, 1.82) is 0 Å². The minimum absolute atomic E-state index is 0.130. The quantitative estimate of drug-likeness (QED) is 0.469. The number of nitrogen functional groups attached to an aromatic ring is 1. The zero-order chi connectivity index (χ0) is 15.4. The van der Waals surface area contributed by atoms with Gasteiger partial charge in [0.2, 0.25) is 5.89 Å². The Morgan fingerprint density at radius 1 is 1.52 bits per heavy atom. The summed E-state index contributed by atoms with van der Waals surface area (Å²) in [5, 5.41) is 16.5. The summed E-state index contributed by atoms with van der Waals surface area (Å²) in [6, 6.07) is 1.49. The van der Waals surface area contributed by atoms with E-state index >= 15 is 0 Å². The number of nitrogens with two attached hydrogens (primary N) is 1. The number of rotatable bonds is 5. The first-order valence-electron chi connectivity index (χ1n) is 5.76. The number of carbonyl (C=O) groups excluding carboxylic acids is 1. The summed E-state index contributed by atoms with van der Waals surface area (Å²) in [6.07, 6.45) is 1.48. The summed E-state index contributed by atoms with van der Waals surface area (Å²) in [4.78, 5) is 25.5. The Bertz CT molecular complexity index is 674. The summed E-state index contributed by atoms with van der Waals surface area (Å²) in [5.41, 5.74) is 4.16. The average molecular weight is 295 g/mol. The maximum atomic E-state index is 13.3. The van der Waals surface area contributed by atoms with Gasteiger partial charge in [0.1, 0.15) is 11.5 Å². The Kier molecular flexibility index (Phi) is 4.07. The zero-order valence-corrected chi connectivity index (χ0v) is 10.6. The first-order chi connectivity index (χ1) is 9.99. The van der Waals surface area contributed by atoms with Crippen LogP contribution in [0.3, 0.4) is 0 Å². The molecule has 0 saturated heterocycles. The standard InChI is InChI=1S/C11H10FN5O4/c12-6-3-7(10(13)8(4-6)17(19)20)11(18)14-2-1-9-15-5-16-21-9/h3-5H,1-2,13H2,(H,14,18). The van der Waals surface area contributed by atoms with Gasteiger partial charge in [-0.1, -0.05) is 5.16 Å². The molecular weight excluding hydrogens is 285 g/mol. The predicted octanol–water partition coefficient (Wildman–Crippen LogP) is 0.672. The molecule has 1 aromatic carbocycles. The van der Waals surface area contributed by atoms with Crippen LogP contribution in [0.5, 0.6) is 0 Å². The molecule has 1 amide bonds. The number of anilines is 1. The second-order valence-electron chi connectivity index (χ2n) is 3.98. The summed E-state index contributed by atoms with van der Waals surface area (Å²) in [5.74, 6) is -1.33. The molecule has 0 fully saturated rings. The zero-order valence-electron chi connectivity index (χ0n) is 10.6. The number of aromatic nitrogens is 2. The van der Waals surface area contributed by atoms with Crippen molar-refractivity contribution in [2.45, 2.75) is 6.42 Å². The number of carbonyl (C=O) groups is 1. The molecule has 0 spiro atoms. The Balaban J connectivity index is 2.10. The van der Waals surface area contributed by atoms with Crippen LogP contribution in [0.1, 0.15) is 16.2 Å². The molecule has 10 heteroatoms. The Labute approximate surface area is 117 Å². The summed E-state index contributed by atoms with van der Waals surface area (Å²) >= 11 is 0. The number of hydrogen-bond donors (Lipinski definition) is 2. The fourth-order valence-corrected chi connectivity index (χ4v) is 1.63. The minimum Gasteiger partial charge on any atom is -0.393 e. The molecule has 2 aromatic rings.